The third kappa shape index (κ3) is 22.7. The largest absolute Gasteiger partial charge is 0.453 e. The van der Waals surface area contributed by atoms with E-state index in [0.717, 1.165) is 12.0 Å². The summed E-state index contributed by atoms with van der Waals surface area (Å²) in [5, 5.41) is 19.3. The number of methoxy groups -OCH3 is 2. The van der Waals surface area contributed by atoms with Gasteiger partial charge in [0, 0.05) is 32.6 Å². The van der Waals surface area contributed by atoms with Crippen molar-refractivity contribution in [2.45, 2.75) is 91.7 Å². The van der Waals surface area contributed by atoms with E-state index >= 15 is 0 Å². The van der Waals surface area contributed by atoms with Crippen molar-refractivity contribution < 1.29 is 47.8 Å². The molecule has 8 amide bonds. The molecule has 0 aromatic carbocycles. The minimum absolute atomic E-state index is 0.152. The number of hydrogen-bond acceptors (Lipinski definition) is 16. The fraction of sp³-hybridized carbons (Fsp3) is 0.742. The topological polar surface area (TPSA) is 295 Å². The van der Waals surface area contributed by atoms with Gasteiger partial charge in [0.2, 0.25) is 35.4 Å². The Balaban J connectivity index is 1.88. The lowest BCUT2D eigenvalue weighted by molar-refractivity contribution is -0.139. The number of alkyl carbamates (subject to hydrolysis) is 2. The summed E-state index contributed by atoms with van der Waals surface area (Å²) in [5.74, 6) is -3.04. The first-order chi connectivity index (χ1) is 26.3. The minimum Gasteiger partial charge on any atom is -0.453 e. The Bertz CT molecular complexity index is 1240. The van der Waals surface area contributed by atoms with Crippen LogP contribution in [0.2, 0.25) is 0 Å². The van der Waals surface area contributed by atoms with Crippen molar-refractivity contribution in [3.05, 3.63) is 0 Å². The fourth-order valence-electron chi connectivity index (χ4n) is 4.98. The zero-order valence-electron chi connectivity index (χ0n) is 31.0. The molecule has 11 N–H and O–H groups in total. The molecular weight excluding hydrogens is 801 g/mol. The van der Waals surface area contributed by atoms with Gasteiger partial charge in [0.15, 0.2) is 0 Å². The number of ether oxygens (including phenoxy) is 2. The number of nitrogens with two attached hydrogens (primary N) is 2. The van der Waals surface area contributed by atoms with Gasteiger partial charge in [-0.1, -0.05) is 43.2 Å². The molecule has 0 unspecified atom stereocenters. The van der Waals surface area contributed by atoms with Gasteiger partial charge in [-0.15, -0.1) is 0 Å². The normalized spacial score (nSPS) is 15.0. The van der Waals surface area contributed by atoms with Crippen molar-refractivity contribution in [2.24, 2.45) is 11.5 Å². The molecule has 0 spiro atoms. The summed E-state index contributed by atoms with van der Waals surface area (Å²) in [7, 11) is 8.82. The lowest BCUT2D eigenvalue weighted by Crippen LogP contribution is -2.49. The Morgan fingerprint density at radius 1 is 0.582 bits per heavy atom. The van der Waals surface area contributed by atoms with Crippen molar-refractivity contribution in [2.75, 3.05) is 53.5 Å². The summed E-state index contributed by atoms with van der Waals surface area (Å²) < 4.78 is 9.44. The van der Waals surface area contributed by atoms with E-state index in [1.54, 1.807) is 43.2 Å². The van der Waals surface area contributed by atoms with Crippen LogP contribution in [0.15, 0.2) is 0 Å². The van der Waals surface area contributed by atoms with Crippen LogP contribution in [0.1, 0.15) is 64.2 Å². The van der Waals surface area contributed by atoms with E-state index in [0.29, 0.717) is 57.9 Å². The fourth-order valence-corrected chi connectivity index (χ4v) is 6.97. The molecule has 2 rings (SSSR count). The number of nitrogens with zero attached hydrogens (tertiary/aromatic N) is 1. The van der Waals surface area contributed by atoms with Gasteiger partial charge >= 0.3 is 12.2 Å². The van der Waals surface area contributed by atoms with Crippen LogP contribution < -0.4 is 48.7 Å². The first-order valence-corrected chi connectivity index (χ1v) is 22.4. The second kappa shape index (κ2) is 27.3. The minimum atomic E-state index is -0.991. The Kier molecular flexibility index (Phi) is 23.7. The van der Waals surface area contributed by atoms with Crippen LogP contribution in [0, 0.1) is 0 Å². The average molecular weight is 855 g/mol. The van der Waals surface area contributed by atoms with Crippen molar-refractivity contribution in [3.63, 3.8) is 0 Å². The predicted octanol–water partition coefficient (Wildman–Crippen LogP) is -0.611. The monoisotopic (exact) mass is 854 g/mol. The molecule has 0 aromatic rings. The molecule has 55 heavy (non-hydrogen) atoms. The molecule has 24 heteroatoms. The van der Waals surface area contributed by atoms with Gasteiger partial charge < -0.3 is 52.4 Å². The van der Waals surface area contributed by atoms with E-state index < -0.39 is 78.8 Å². The summed E-state index contributed by atoms with van der Waals surface area (Å²) in [4.78, 5) is 99.6. The summed E-state index contributed by atoms with van der Waals surface area (Å²) in [6, 6.07) is -1.94. The molecule has 2 saturated heterocycles. The van der Waals surface area contributed by atoms with Gasteiger partial charge in [-0.25, -0.2) is 9.59 Å². The number of amides is 8. The highest BCUT2D eigenvalue weighted by atomic mass is 33.2. The molecule has 20 nitrogen and oxygen atoms in total. The second-order valence-corrected chi connectivity index (χ2v) is 17.9. The van der Waals surface area contributed by atoms with Crippen LogP contribution in [0.3, 0.4) is 0 Å². The van der Waals surface area contributed by atoms with Gasteiger partial charge in [-0.2, -0.15) is 0 Å². The number of carbonyl (C=O) groups is 8. The van der Waals surface area contributed by atoms with Gasteiger partial charge in [-0.05, 0) is 57.8 Å². The summed E-state index contributed by atoms with van der Waals surface area (Å²) in [5.41, 5.74) is 11.0. The first-order valence-electron chi connectivity index (χ1n) is 17.8. The molecule has 0 saturated carbocycles. The lowest BCUT2D eigenvalue weighted by Gasteiger charge is -2.23. The van der Waals surface area contributed by atoms with Gasteiger partial charge in [0.1, 0.15) is 28.5 Å². The maximum Gasteiger partial charge on any atom is 0.407 e. The van der Waals surface area contributed by atoms with Crippen LogP contribution in [-0.4, -0.2) is 134 Å². The molecule has 0 bridgehead atoms. The van der Waals surface area contributed by atoms with E-state index in [4.69, 9.17) is 11.5 Å². The molecular formula is C31H54N10O10S4. The maximum atomic E-state index is 13.3. The molecule has 2 fully saturated rings. The smallest absolute Gasteiger partial charge is 0.407 e. The quantitative estimate of drug-likeness (QED) is 0.0247. The van der Waals surface area contributed by atoms with Gasteiger partial charge in [0.25, 0.3) is 0 Å². The third-order valence-electron chi connectivity index (χ3n) is 8.06. The van der Waals surface area contributed by atoms with Crippen LogP contribution in [0.4, 0.5) is 9.59 Å². The Morgan fingerprint density at radius 3 is 1.44 bits per heavy atom. The molecule has 2 aliphatic rings. The lowest BCUT2D eigenvalue weighted by atomic mass is 10.1. The highest BCUT2D eigenvalue weighted by Gasteiger charge is 2.30. The highest BCUT2D eigenvalue weighted by molar-refractivity contribution is 8.93. The third-order valence-corrected chi connectivity index (χ3v) is 11.7. The highest BCUT2D eigenvalue weighted by Crippen LogP contribution is 2.51. The van der Waals surface area contributed by atoms with Crippen molar-refractivity contribution in [1.82, 2.24) is 42.1 Å². The number of nitrogens with one attached hydrogen (secondary N) is 7. The van der Waals surface area contributed by atoms with Crippen LogP contribution in [-0.2, 0) is 38.2 Å². The van der Waals surface area contributed by atoms with Crippen LogP contribution >= 0.6 is 43.2 Å². The maximum absolute atomic E-state index is 13.3. The standard InChI is InChI=1S/C31H54N10O10S4/c1-50-28(48)37-15-8-5-11-21(38-29(49)51-2)27(47)36-16-12-24(44)41(17-22(42)34-13-6-3-9-19(25(32)45)39-30-52-53-30)18-23(43)35-14-7-4-10-20(26(33)46)40-31-54-55-31/h19-21,30-31,39-40H,3-18H2,1-2H3,(H2,32,45)(H2,33,46)(H,34,42)(H,35,43)(H,36,47)(H,37,48)(H,38,49)/t19-,20-,21-/m0/s1. The number of rotatable bonds is 30. The zero-order valence-corrected chi connectivity index (χ0v) is 34.3. The van der Waals surface area contributed by atoms with Gasteiger partial charge in [0.05, 0.1) is 26.3 Å². The molecule has 0 radical (unpaired) electrons. The molecule has 3 atom stereocenters. The molecule has 2 heterocycles. The number of hydrogen-bond donors (Lipinski definition) is 9. The summed E-state index contributed by atoms with van der Waals surface area (Å²) >= 11 is 0. The SMILES string of the molecule is COC(=O)NCCCC[C@H](NC(=O)OC)C(=O)NCCC(=O)N(CC(=O)NCCCC[C@H](NC1SS1)C(N)=O)CC(=O)NCCCC[C@H](NC1SS1)C(N)=O. The van der Waals surface area contributed by atoms with Crippen molar-refractivity contribution in [3.8, 4) is 0 Å². The Morgan fingerprint density at radius 2 is 1.02 bits per heavy atom. The number of unbranched alkanes of at least 4 members (excludes halogenated alkanes) is 3. The van der Waals surface area contributed by atoms with Gasteiger partial charge in [-0.3, -0.25) is 39.4 Å². The molecule has 0 aromatic heterocycles. The summed E-state index contributed by atoms with van der Waals surface area (Å²) in [6.07, 6.45) is 2.81. The van der Waals surface area contributed by atoms with E-state index in [2.05, 4.69) is 46.7 Å². The molecule has 0 aliphatic carbocycles. The number of carbonyl (C=O) groups excluding carboxylic acids is 8. The Labute approximate surface area is 336 Å². The molecule has 2 aliphatic heterocycles. The van der Waals surface area contributed by atoms with Crippen molar-refractivity contribution >= 4 is 90.8 Å². The van der Waals surface area contributed by atoms with E-state index in [1.165, 1.54) is 7.11 Å². The zero-order chi connectivity index (χ0) is 40.6. The van der Waals surface area contributed by atoms with Crippen LogP contribution in [0.5, 0.6) is 0 Å². The Hall–Kier alpha value is -3.32. The average Bonchev–Trinajstić information content (AvgIpc) is 4.09. The predicted molar refractivity (Wildman–Crippen MR) is 212 cm³/mol. The van der Waals surface area contributed by atoms with E-state index in [-0.39, 0.29) is 41.9 Å². The second-order valence-electron chi connectivity index (χ2n) is 12.4. The van der Waals surface area contributed by atoms with E-state index in [1.807, 2.05) is 0 Å². The van der Waals surface area contributed by atoms with E-state index in [9.17, 15) is 38.4 Å². The van der Waals surface area contributed by atoms with Crippen molar-refractivity contribution in [1.29, 1.82) is 0 Å². The summed E-state index contributed by atoms with van der Waals surface area (Å²) in [6.45, 7) is -0.153. The first kappa shape index (κ1) is 47.8. The number of primary amides is 2. The molecule has 312 valence electrons. The van der Waals surface area contributed by atoms with Crippen LogP contribution in [0.25, 0.3) is 0 Å².